The van der Waals surface area contributed by atoms with E-state index in [1.54, 1.807) is 11.3 Å². The first-order chi connectivity index (χ1) is 12.3. The molecule has 1 aliphatic heterocycles. The van der Waals surface area contributed by atoms with E-state index in [2.05, 4.69) is 31.9 Å². The number of piperazine rings is 1. The van der Waals surface area contributed by atoms with E-state index in [0.717, 1.165) is 43.5 Å². The summed E-state index contributed by atoms with van der Waals surface area (Å²) in [7, 11) is 0. The van der Waals surface area contributed by atoms with Gasteiger partial charge in [-0.15, -0.1) is 11.3 Å². The number of rotatable bonds is 6. The molecule has 0 amide bonds. The Balaban J connectivity index is 1.47. The summed E-state index contributed by atoms with van der Waals surface area (Å²) in [5.74, 6) is 1.55. The van der Waals surface area contributed by atoms with Crippen molar-refractivity contribution in [2.24, 2.45) is 10.7 Å². The predicted octanol–water partition coefficient (Wildman–Crippen LogP) is 2.22. The van der Waals surface area contributed by atoms with Gasteiger partial charge in [0.15, 0.2) is 11.1 Å². The third-order valence-corrected chi connectivity index (χ3v) is 5.01. The molecule has 7 heteroatoms. The number of anilines is 1. The van der Waals surface area contributed by atoms with Crippen LogP contribution in [0.5, 0.6) is 5.75 Å². The Morgan fingerprint density at radius 2 is 2.16 bits per heavy atom. The Hall–Kier alpha value is -2.28. The molecule has 1 saturated heterocycles. The smallest absolute Gasteiger partial charge is 0.191 e. The van der Waals surface area contributed by atoms with Crippen LogP contribution in [-0.4, -0.2) is 55.2 Å². The molecule has 1 aromatic heterocycles. The first kappa shape index (κ1) is 17.5. The van der Waals surface area contributed by atoms with E-state index in [1.165, 1.54) is 5.56 Å². The van der Waals surface area contributed by atoms with Crippen molar-refractivity contribution < 1.29 is 4.74 Å². The monoisotopic (exact) mass is 359 g/mol. The van der Waals surface area contributed by atoms with Gasteiger partial charge in [-0.2, -0.15) is 0 Å². The van der Waals surface area contributed by atoms with Crippen LogP contribution in [0.15, 0.2) is 40.8 Å². The van der Waals surface area contributed by atoms with E-state index >= 15 is 0 Å². The summed E-state index contributed by atoms with van der Waals surface area (Å²) in [6.07, 6.45) is 2.71. The van der Waals surface area contributed by atoms with E-state index in [-0.39, 0.29) is 0 Å². The summed E-state index contributed by atoms with van der Waals surface area (Å²) in [5.41, 5.74) is 7.39. The maximum atomic E-state index is 6.17. The number of aromatic nitrogens is 1. The number of ether oxygens (including phenoxy) is 1. The van der Waals surface area contributed by atoms with E-state index in [0.29, 0.717) is 19.1 Å². The SMILES string of the molecule is CCOc1cccc(CCN=C(N)N2CCN(c3nccs3)CC2)c1. The summed E-state index contributed by atoms with van der Waals surface area (Å²) in [4.78, 5) is 13.4. The Labute approximate surface area is 152 Å². The van der Waals surface area contributed by atoms with E-state index in [9.17, 15) is 0 Å². The summed E-state index contributed by atoms with van der Waals surface area (Å²) in [6, 6.07) is 8.17. The molecule has 6 nitrogen and oxygen atoms in total. The minimum atomic E-state index is 0.639. The molecule has 2 heterocycles. The van der Waals surface area contributed by atoms with Gasteiger partial charge in [-0.1, -0.05) is 12.1 Å². The van der Waals surface area contributed by atoms with Gasteiger partial charge >= 0.3 is 0 Å². The molecule has 0 spiro atoms. The number of hydrogen-bond donors (Lipinski definition) is 1. The Morgan fingerprint density at radius 1 is 1.32 bits per heavy atom. The molecule has 2 N–H and O–H groups in total. The number of benzene rings is 1. The van der Waals surface area contributed by atoms with Crippen molar-refractivity contribution in [3.05, 3.63) is 41.4 Å². The molecule has 0 bridgehead atoms. The van der Waals surface area contributed by atoms with Crippen molar-refractivity contribution in [1.29, 1.82) is 0 Å². The number of thiazole rings is 1. The van der Waals surface area contributed by atoms with Crippen molar-refractivity contribution in [3.63, 3.8) is 0 Å². The van der Waals surface area contributed by atoms with Gasteiger partial charge in [0, 0.05) is 44.3 Å². The molecule has 3 rings (SSSR count). The number of guanidine groups is 1. The zero-order valence-electron chi connectivity index (χ0n) is 14.6. The van der Waals surface area contributed by atoms with Crippen LogP contribution in [-0.2, 0) is 6.42 Å². The fourth-order valence-corrected chi connectivity index (χ4v) is 3.55. The molecule has 0 unspecified atom stereocenters. The second kappa shape index (κ2) is 8.71. The van der Waals surface area contributed by atoms with Gasteiger partial charge in [-0.05, 0) is 31.0 Å². The first-order valence-corrected chi connectivity index (χ1v) is 9.55. The maximum absolute atomic E-state index is 6.17. The molecular formula is C18H25N5OS. The van der Waals surface area contributed by atoms with Gasteiger partial charge in [-0.3, -0.25) is 4.99 Å². The van der Waals surface area contributed by atoms with Gasteiger partial charge in [0.2, 0.25) is 0 Å². The van der Waals surface area contributed by atoms with Gasteiger partial charge in [0.25, 0.3) is 0 Å². The Bertz CT molecular complexity index is 681. The zero-order valence-corrected chi connectivity index (χ0v) is 15.4. The van der Waals surface area contributed by atoms with Crippen molar-refractivity contribution in [2.75, 3.05) is 44.2 Å². The fraction of sp³-hybridized carbons (Fsp3) is 0.444. The standard InChI is InChI=1S/C18H25N5OS/c1-2-24-16-5-3-4-15(14-16)6-7-20-17(19)22-9-11-23(12-10-22)18-21-8-13-25-18/h3-5,8,13-14H,2,6-7,9-12H2,1H3,(H2,19,20). The largest absolute Gasteiger partial charge is 0.494 e. The van der Waals surface area contributed by atoms with Crippen LogP contribution < -0.4 is 15.4 Å². The van der Waals surface area contributed by atoms with Crippen LogP contribution in [0.4, 0.5) is 5.13 Å². The van der Waals surface area contributed by atoms with Gasteiger partial charge in [0.05, 0.1) is 6.61 Å². The highest BCUT2D eigenvalue weighted by Crippen LogP contribution is 2.18. The lowest BCUT2D eigenvalue weighted by Gasteiger charge is -2.35. The molecule has 1 aliphatic rings. The summed E-state index contributed by atoms with van der Waals surface area (Å²) >= 11 is 1.68. The molecule has 0 aliphatic carbocycles. The number of hydrogen-bond acceptors (Lipinski definition) is 5. The summed E-state index contributed by atoms with van der Waals surface area (Å²) in [5, 5.41) is 3.10. The minimum absolute atomic E-state index is 0.639. The van der Waals surface area contributed by atoms with Crippen LogP contribution in [0.3, 0.4) is 0 Å². The molecule has 1 fully saturated rings. The van der Waals surface area contributed by atoms with Crippen LogP contribution in [0, 0.1) is 0 Å². The quantitative estimate of drug-likeness (QED) is 0.633. The first-order valence-electron chi connectivity index (χ1n) is 8.67. The van der Waals surface area contributed by atoms with Crippen molar-refractivity contribution >= 4 is 22.4 Å². The van der Waals surface area contributed by atoms with E-state index in [1.807, 2.05) is 30.6 Å². The second-order valence-electron chi connectivity index (χ2n) is 5.86. The molecule has 0 atom stereocenters. The lowest BCUT2D eigenvalue weighted by atomic mass is 10.1. The topological polar surface area (TPSA) is 67.0 Å². The van der Waals surface area contributed by atoms with E-state index in [4.69, 9.17) is 10.5 Å². The van der Waals surface area contributed by atoms with Crippen LogP contribution in [0.2, 0.25) is 0 Å². The highest BCUT2D eigenvalue weighted by Gasteiger charge is 2.19. The lowest BCUT2D eigenvalue weighted by Crippen LogP contribution is -2.51. The minimum Gasteiger partial charge on any atom is -0.494 e. The molecule has 2 aromatic rings. The fourth-order valence-electron chi connectivity index (χ4n) is 2.86. The van der Waals surface area contributed by atoms with Gasteiger partial charge < -0.3 is 20.3 Å². The van der Waals surface area contributed by atoms with Crippen molar-refractivity contribution in [3.8, 4) is 5.75 Å². The normalized spacial score (nSPS) is 15.5. The average molecular weight is 359 g/mol. The van der Waals surface area contributed by atoms with Gasteiger partial charge in [-0.25, -0.2) is 4.98 Å². The number of nitrogens with zero attached hydrogens (tertiary/aromatic N) is 4. The Morgan fingerprint density at radius 3 is 2.88 bits per heavy atom. The van der Waals surface area contributed by atoms with E-state index < -0.39 is 0 Å². The number of aliphatic imine (C=N–C) groups is 1. The molecular weight excluding hydrogens is 334 g/mol. The highest BCUT2D eigenvalue weighted by molar-refractivity contribution is 7.13. The van der Waals surface area contributed by atoms with Crippen molar-refractivity contribution in [2.45, 2.75) is 13.3 Å². The maximum Gasteiger partial charge on any atom is 0.191 e. The molecule has 25 heavy (non-hydrogen) atoms. The lowest BCUT2D eigenvalue weighted by molar-refractivity contribution is 0.340. The summed E-state index contributed by atoms with van der Waals surface area (Å²) < 4.78 is 5.53. The van der Waals surface area contributed by atoms with Crippen molar-refractivity contribution in [1.82, 2.24) is 9.88 Å². The van der Waals surface area contributed by atoms with Crippen LogP contribution in [0.25, 0.3) is 0 Å². The second-order valence-corrected chi connectivity index (χ2v) is 6.73. The average Bonchev–Trinajstić information content (AvgIpc) is 3.17. The zero-order chi connectivity index (χ0) is 17.5. The number of nitrogens with two attached hydrogens (primary N) is 1. The third kappa shape index (κ3) is 4.85. The molecule has 1 aromatic carbocycles. The van der Waals surface area contributed by atoms with Gasteiger partial charge in [0.1, 0.15) is 5.75 Å². The van der Waals surface area contributed by atoms with Crippen LogP contribution >= 0.6 is 11.3 Å². The molecule has 134 valence electrons. The Kier molecular flexibility index (Phi) is 6.11. The third-order valence-electron chi connectivity index (χ3n) is 4.18. The molecule has 0 saturated carbocycles. The highest BCUT2D eigenvalue weighted by atomic mass is 32.1. The molecule has 0 radical (unpaired) electrons. The predicted molar refractivity (Wildman–Crippen MR) is 104 cm³/mol. The van der Waals surface area contributed by atoms with Crippen LogP contribution in [0.1, 0.15) is 12.5 Å². The summed E-state index contributed by atoms with van der Waals surface area (Å²) in [6.45, 7) is 6.99.